The number of thioether (sulfide) groups is 1. The summed E-state index contributed by atoms with van der Waals surface area (Å²) in [6.45, 7) is 2.39. The van der Waals surface area contributed by atoms with Crippen molar-refractivity contribution in [3.63, 3.8) is 0 Å². The molecule has 2 atom stereocenters. The Kier molecular flexibility index (Phi) is 3.43. The van der Waals surface area contributed by atoms with Crippen LogP contribution in [-0.2, 0) is 0 Å². The highest BCUT2D eigenvalue weighted by Crippen LogP contribution is 2.44. The number of hydrogen-bond donors (Lipinski definition) is 1. The van der Waals surface area contributed by atoms with Gasteiger partial charge in [-0.2, -0.15) is 11.8 Å². The van der Waals surface area contributed by atoms with E-state index < -0.39 is 0 Å². The van der Waals surface area contributed by atoms with Gasteiger partial charge in [-0.3, -0.25) is 0 Å². The summed E-state index contributed by atoms with van der Waals surface area (Å²) in [6.07, 6.45) is 9.76. The van der Waals surface area contributed by atoms with E-state index in [4.69, 9.17) is 5.73 Å². The van der Waals surface area contributed by atoms with Gasteiger partial charge in [0.25, 0.3) is 0 Å². The molecule has 0 bridgehead atoms. The molecule has 1 nitrogen and oxygen atoms in total. The molecular weight excluding hydrogens is 190 g/mol. The van der Waals surface area contributed by atoms with Crippen molar-refractivity contribution in [3.8, 4) is 0 Å². The average Bonchev–Trinajstić information content (AvgIpc) is 2.67. The lowest BCUT2D eigenvalue weighted by Crippen LogP contribution is -2.47. The predicted octanol–water partition coefficient (Wildman–Crippen LogP) is 3.18. The van der Waals surface area contributed by atoms with Crippen LogP contribution in [0.2, 0.25) is 0 Å². The Hall–Kier alpha value is 0.310. The van der Waals surface area contributed by atoms with E-state index in [1.54, 1.807) is 0 Å². The van der Waals surface area contributed by atoms with Gasteiger partial charge in [-0.25, -0.2) is 0 Å². The van der Waals surface area contributed by atoms with E-state index >= 15 is 0 Å². The van der Waals surface area contributed by atoms with E-state index in [1.807, 2.05) is 0 Å². The third-order valence-corrected chi connectivity index (χ3v) is 5.74. The molecule has 0 radical (unpaired) electrons. The predicted molar refractivity (Wildman–Crippen MR) is 64.6 cm³/mol. The number of nitrogens with two attached hydrogens (primary N) is 1. The molecule has 2 rings (SSSR count). The molecule has 1 heterocycles. The molecule has 2 aliphatic rings. The topological polar surface area (TPSA) is 26.0 Å². The molecule has 1 saturated heterocycles. The zero-order chi connectivity index (χ0) is 10.0. The van der Waals surface area contributed by atoms with E-state index in [2.05, 4.69) is 18.7 Å². The molecule has 2 heteroatoms. The maximum Gasteiger partial charge on any atom is 0.0285 e. The smallest absolute Gasteiger partial charge is 0.0285 e. The van der Waals surface area contributed by atoms with Gasteiger partial charge in [0.15, 0.2) is 0 Å². The number of hydrogen-bond acceptors (Lipinski definition) is 2. The van der Waals surface area contributed by atoms with Crippen molar-refractivity contribution in [2.45, 2.75) is 62.7 Å². The first-order valence-corrected chi connectivity index (χ1v) is 7.10. The molecule has 0 spiro atoms. The van der Waals surface area contributed by atoms with Crippen molar-refractivity contribution < 1.29 is 0 Å². The molecule has 0 aromatic heterocycles. The normalized spacial score (nSPS) is 37.3. The molecule has 1 saturated carbocycles. The fraction of sp³-hybridized carbons (Fsp3) is 1.00. The van der Waals surface area contributed by atoms with Crippen LogP contribution in [0.4, 0.5) is 0 Å². The van der Waals surface area contributed by atoms with Crippen molar-refractivity contribution >= 4 is 11.8 Å². The van der Waals surface area contributed by atoms with Crippen LogP contribution in [0.25, 0.3) is 0 Å². The molecule has 2 fully saturated rings. The van der Waals surface area contributed by atoms with Gasteiger partial charge < -0.3 is 5.73 Å². The van der Waals surface area contributed by atoms with Gasteiger partial charge in [-0.05, 0) is 44.3 Å². The molecule has 1 aliphatic heterocycles. The number of rotatable bonds is 2. The Morgan fingerprint density at radius 2 is 1.93 bits per heavy atom. The first-order valence-electron chi connectivity index (χ1n) is 6.12. The van der Waals surface area contributed by atoms with E-state index in [-0.39, 0.29) is 0 Å². The van der Waals surface area contributed by atoms with Crippen LogP contribution >= 0.6 is 11.8 Å². The minimum atomic E-state index is 0.405. The van der Waals surface area contributed by atoms with Gasteiger partial charge in [0, 0.05) is 10.8 Å². The van der Waals surface area contributed by atoms with E-state index in [0.717, 1.165) is 5.92 Å². The van der Waals surface area contributed by atoms with Gasteiger partial charge in [0.1, 0.15) is 0 Å². The molecule has 2 unspecified atom stereocenters. The minimum absolute atomic E-state index is 0.405. The standard InChI is InChI=1S/C12H23NS/c1-12(8-5-9-14-12)11(13)10-6-3-2-4-7-10/h10-11H,2-9,13H2,1H3. The highest BCUT2D eigenvalue weighted by atomic mass is 32.2. The highest BCUT2D eigenvalue weighted by Gasteiger charge is 2.39. The third kappa shape index (κ3) is 2.11. The van der Waals surface area contributed by atoms with Crippen molar-refractivity contribution in [2.24, 2.45) is 11.7 Å². The molecular formula is C12H23NS. The van der Waals surface area contributed by atoms with Gasteiger partial charge in [0.05, 0.1) is 0 Å². The monoisotopic (exact) mass is 213 g/mol. The zero-order valence-corrected chi connectivity index (χ0v) is 10.1. The average molecular weight is 213 g/mol. The summed E-state index contributed by atoms with van der Waals surface area (Å²) in [6, 6.07) is 0.454. The summed E-state index contributed by atoms with van der Waals surface area (Å²) in [7, 11) is 0. The second-order valence-electron chi connectivity index (χ2n) is 5.19. The lowest BCUT2D eigenvalue weighted by atomic mass is 9.78. The quantitative estimate of drug-likeness (QED) is 0.762. The van der Waals surface area contributed by atoms with Crippen molar-refractivity contribution in [1.29, 1.82) is 0 Å². The maximum atomic E-state index is 6.47. The summed E-state index contributed by atoms with van der Waals surface area (Å²) >= 11 is 2.12. The molecule has 1 aliphatic carbocycles. The highest BCUT2D eigenvalue weighted by molar-refractivity contribution is 8.00. The Labute approximate surface area is 92.2 Å². The van der Waals surface area contributed by atoms with Crippen molar-refractivity contribution in [2.75, 3.05) is 5.75 Å². The molecule has 14 heavy (non-hydrogen) atoms. The Morgan fingerprint density at radius 3 is 2.50 bits per heavy atom. The fourth-order valence-corrected chi connectivity index (χ4v) is 4.48. The Morgan fingerprint density at radius 1 is 1.21 bits per heavy atom. The van der Waals surface area contributed by atoms with Gasteiger partial charge in [-0.15, -0.1) is 0 Å². The third-order valence-electron chi connectivity index (χ3n) is 4.11. The van der Waals surface area contributed by atoms with Crippen LogP contribution in [0.3, 0.4) is 0 Å². The SMILES string of the molecule is CC1(C(N)C2CCCCC2)CCCS1. The summed E-state index contributed by atoms with van der Waals surface area (Å²) in [5, 5.41) is 0. The molecule has 82 valence electrons. The van der Waals surface area contributed by atoms with Crippen LogP contribution < -0.4 is 5.73 Å². The van der Waals surface area contributed by atoms with Gasteiger partial charge >= 0.3 is 0 Å². The second kappa shape index (κ2) is 4.44. The van der Waals surface area contributed by atoms with Crippen LogP contribution in [0, 0.1) is 5.92 Å². The summed E-state index contributed by atoms with van der Waals surface area (Å²) < 4.78 is 0.405. The Bertz CT molecular complexity index is 181. The van der Waals surface area contributed by atoms with Crippen molar-refractivity contribution in [1.82, 2.24) is 0 Å². The van der Waals surface area contributed by atoms with Gasteiger partial charge in [0.2, 0.25) is 0 Å². The van der Waals surface area contributed by atoms with Crippen LogP contribution in [0.1, 0.15) is 51.9 Å². The van der Waals surface area contributed by atoms with E-state index in [0.29, 0.717) is 10.8 Å². The molecule has 2 N–H and O–H groups in total. The summed E-state index contributed by atoms with van der Waals surface area (Å²) in [5.74, 6) is 2.15. The molecule has 0 aromatic carbocycles. The summed E-state index contributed by atoms with van der Waals surface area (Å²) in [5.41, 5.74) is 6.47. The lowest BCUT2D eigenvalue weighted by molar-refractivity contribution is 0.266. The largest absolute Gasteiger partial charge is 0.326 e. The molecule has 0 aromatic rings. The van der Waals surface area contributed by atoms with E-state index in [9.17, 15) is 0 Å². The second-order valence-corrected chi connectivity index (χ2v) is 6.82. The van der Waals surface area contributed by atoms with Crippen LogP contribution in [0.15, 0.2) is 0 Å². The summed E-state index contributed by atoms with van der Waals surface area (Å²) in [4.78, 5) is 0. The first-order chi connectivity index (χ1) is 6.72. The maximum absolute atomic E-state index is 6.47. The molecule has 0 amide bonds. The van der Waals surface area contributed by atoms with Crippen LogP contribution in [-0.4, -0.2) is 16.5 Å². The van der Waals surface area contributed by atoms with Gasteiger partial charge in [-0.1, -0.05) is 19.3 Å². The first kappa shape index (κ1) is 10.8. The van der Waals surface area contributed by atoms with E-state index in [1.165, 1.54) is 50.7 Å². The fourth-order valence-electron chi connectivity index (χ4n) is 3.06. The van der Waals surface area contributed by atoms with Crippen molar-refractivity contribution in [3.05, 3.63) is 0 Å². The minimum Gasteiger partial charge on any atom is -0.326 e. The Balaban J connectivity index is 1.95. The van der Waals surface area contributed by atoms with Crippen LogP contribution in [0.5, 0.6) is 0 Å². The lowest BCUT2D eigenvalue weighted by Gasteiger charge is -2.38. The zero-order valence-electron chi connectivity index (χ0n) is 9.30.